The molecule has 0 atom stereocenters. The van der Waals surface area contributed by atoms with Gasteiger partial charge >= 0.3 is 36.5 Å². The summed E-state index contributed by atoms with van der Waals surface area (Å²) >= 11 is 2.15. The number of hydrogen-bond acceptors (Lipinski definition) is 3. The van der Waals surface area contributed by atoms with Crippen LogP contribution >= 0.6 is 22.6 Å². The van der Waals surface area contributed by atoms with E-state index in [9.17, 15) is 13.0 Å². The number of hydrogen-bond donors (Lipinski definition) is 0. The Morgan fingerprint density at radius 3 is 2.20 bits per heavy atom. The maximum Gasteiger partial charge on any atom is 1.00 e. The predicted molar refractivity (Wildman–Crippen MR) is 116 cm³/mol. The minimum absolute atomic E-state index is 0. The Balaban J connectivity index is 0.00000256. The fraction of sp³-hybridized carbons (Fsp3) is 0.211. The molecule has 1 aromatic heterocycles. The van der Waals surface area contributed by atoms with E-state index in [4.69, 9.17) is 0 Å². The van der Waals surface area contributed by atoms with Crippen LogP contribution in [0.5, 0.6) is 0 Å². The van der Waals surface area contributed by atoms with E-state index in [1.807, 2.05) is 24.3 Å². The second-order valence-corrected chi connectivity index (χ2v) is 9.93. The van der Waals surface area contributed by atoms with Gasteiger partial charge in [-0.3, -0.25) is 0 Å². The van der Waals surface area contributed by atoms with Gasteiger partial charge in [0.15, 0.2) is 5.70 Å². The van der Waals surface area contributed by atoms with E-state index in [2.05, 4.69) is 22.6 Å². The molecule has 11 heteroatoms. The van der Waals surface area contributed by atoms with Gasteiger partial charge in [-0.15, -0.1) is 0 Å². The summed E-state index contributed by atoms with van der Waals surface area (Å²) in [6, 6.07) is 9.04. The topological polar surface area (TPSA) is 65.1 Å². The average molecular weight is 552 g/mol. The molecule has 0 bridgehead atoms. The molecule has 2 aliphatic rings. The molecule has 3 heterocycles. The van der Waals surface area contributed by atoms with Gasteiger partial charge in [-0.2, -0.15) is 0 Å². The minimum atomic E-state index is -4.93. The Morgan fingerprint density at radius 2 is 1.67 bits per heavy atom. The maximum atomic E-state index is 15.7. The maximum absolute atomic E-state index is 15.7. The van der Waals surface area contributed by atoms with Crippen molar-refractivity contribution >= 4 is 51.0 Å². The smallest absolute Gasteiger partial charge is 0.744 e. The summed E-state index contributed by atoms with van der Waals surface area (Å²) in [6.07, 6.45) is 0. The zero-order chi connectivity index (χ0) is 21.5. The minimum Gasteiger partial charge on any atom is -0.744 e. The van der Waals surface area contributed by atoms with Crippen LogP contribution < -0.4 is 29.6 Å². The van der Waals surface area contributed by atoms with Crippen molar-refractivity contribution < 1.29 is 55.6 Å². The number of aryl methyl sites for hydroxylation is 2. The monoisotopic (exact) mass is 552 g/mol. The molecule has 5 nitrogen and oxygen atoms in total. The number of fused-ring (bicyclic) bond motifs is 2. The number of benzene rings is 1. The van der Waals surface area contributed by atoms with Crippen molar-refractivity contribution in [2.45, 2.75) is 27.7 Å². The molecule has 0 N–H and O–H groups in total. The Bertz CT molecular complexity index is 1300. The Labute approximate surface area is 209 Å². The van der Waals surface area contributed by atoms with Gasteiger partial charge in [0, 0.05) is 21.8 Å². The van der Waals surface area contributed by atoms with Gasteiger partial charge in [-0.05, 0) is 78.4 Å². The normalized spacial score (nSPS) is 17.9. The van der Waals surface area contributed by atoms with Gasteiger partial charge in [-0.25, -0.2) is 8.42 Å². The zero-order valence-corrected chi connectivity index (χ0v) is 22.1. The first-order valence-electron chi connectivity index (χ1n) is 8.89. The predicted octanol–water partition coefficient (Wildman–Crippen LogP) is 1.02. The molecule has 0 radical (unpaired) electrons. The van der Waals surface area contributed by atoms with E-state index in [1.165, 1.54) is 13.8 Å². The number of allylic oxidation sites excluding steroid dienone is 2. The van der Waals surface area contributed by atoms with Crippen molar-refractivity contribution in [2.24, 2.45) is 0 Å². The summed E-state index contributed by atoms with van der Waals surface area (Å²) < 4.78 is 69.9. The van der Waals surface area contributed by atoms with Crippen molar-refractivity contribution in [3.8, 4) is 0 Å². The number of halogens is 3. The first-order chi connectivity index (χ1) is 13.4. The molecular formula is C19H17BF2IN2NaO3S. The SMILES string of the molecule is CC1=C(S(=O)(=O)[O-])C(C)=[N+]2C1=C(c1ccc(I)cc1)c1c(C)cc(C)n1[B-]2(F)F.[Na+]. The summed E-state index contributed by atoms with van der Waals surface area (Å²) in [5, 5.41) is 0. The third-order valence-corrected chi connectivity index (χ3v) is 7.35. The van der Waals surface area contributed by atoms with Gasteiger partial charge in [0.25, 0.3) is 0 Å². The summed E-state index contributed by atoms with van der Waals surface area (Å²) in [5.74, 6) is 0. The van der Waals surface area contributed by atoms with Crippen LogP contribution in [-0.4, -0.2) is 34.6 Å². The summed E-state index contributed by atoms with van der Waals surface area (Å²) in [5.41, 5.74) is 2.44. The number of nitrogens with zero attached hydrogens (tertiary/aromatic N) is 2. The van der Waals surface area contributed by atoms with Crippen LogP contribution in [0.1, 0.15) is 36.4 Å². The molecule has 0 saturated carbocycles. The Kier molecular flexibility index (Phi) is 6.10. The van der Waals surface area contributed by atoms with Crippen LogP contribution in [0, 0.1) is 17.4 Å². The van der Waals surface area contributed by atoms with Gasteiger partial charge in [0.2, 0.25) is 0 Å². The van der Waals surface area contributed by atoms with E-state index >= 15 is 8.63 Å². The van der Waals surface area contributed by atoms with Crippen LogP contribution in [0.4, 0.5) is 8.63 Å². The fourth-order valence-electron chi connectivity index (χ4n) is 4.55. The van der Waals surface area contributed by atoms with Crippen LogP contribution in [0.25, 0.3) is 5.57 Å². The molecule has 0 spiro atoms. The van der Waals surface area contributed by atoms with Gasteiger partial charge in [0.1, 0.15) is 20.7 Å². The molecule has 0 unspecified atom stereocenters. The largest absolute Gasteiger partial charge is 1.00 e. The standard InChI is InChI=1S/C19H18BF2IN2O3S.Na/c1-10-9-11(2)24-17(10)16(14-5-7-15(23)8-6-14)18-12(3)19(29(26,27)28)13(4)25(18)20(24,21)22;/h5-9H,1-4H3,(H,26,27,28);/q;+1/p-1. The molecule has 0 fully saturated rings. The van der Waals surface area contributed by atoms with Gasteiger partial charge in [0.05, 0.1) is 5.57 Å². The quantitative estimate of drug-likeness (QED) is 0.318. The van der Waals surface area contributed by atoms with E-state index in [0.717, 1.165) is 12.5 Å². The molecule has 4 rings (SSSR count). The molecule has 152 valence electrons. The average Bonchev–Trinajstić information content (AvgIpc) is 3.03. The molecule has 1 aromatic carbocycles. The summed E-state index contributed by atoms with van der Waals surface area (Å²) in [7, 11) is -4.93. The second-order valence-electron chi connectivity index (χ2n) is 7.37. The van der Waals surface area contributed by atoms with Gasteiger partial charge in [-0.1, -0.05) is 12.1 Å². The number of aromatic nitrogens is 1. The molecule has 30 heavy (non-hydrogen) atoms. The second kappa shape index (κ2) is 7.66. The molecule has 0 amide bonds. The third-order valence-electron chi connectivity index (χ3n) is 5.52. The fourth-order valence-corrected chi connectivity index (χ4v) is 5.85. The van der Waals surface area contributed by atoms with Crippen molar-refractivity contribution in [3.05, 3.63) is 72.6 Å². The van der Waals surface area contributed by atoms with Crippen LogP contribution in [0.15, 0.2) is 46.5 Å². The molecule has 0 saturated heterocycles. The molecule has 0 aliphatic carbocycles. The Morgan fingerprint density at radius 1 is 1.10 bits per heavy atom. The van der Waals surface area contributed by atoms with Crippen molar-refractivity contribution in [2.75, 3.05) is 0 Å². The van der Waals surface area contributed by atoms with Crippen molar-refractivity contribution in [3.63, 3.8) is 0 Å². The number of rotatable bonds is 2. The molecule has 2 aliphatic heterocycles. The van der Waals surface area contributed by atoms with Crippen LogP contribution in [0.3, 0.4) is 0 Å². The van der Waals surface area contributed by atoms with E-state index in [-0.39, 0.29) is 46.5 Å². The van der Waals surface area contributed by atoms with Gasteiger partial charge < -0.3 is 22.1 Å². The first-order valence-corrected chi connectivity index (χ1v) is 11.4. The molecule has 2 aromatic rings. The van der Waals surface area contributed by atoms with Crippen LogP contribution in [-0.2, 0) is 10.1 Å². The van der Waals surface area contributed by atoms with Crippen molar-refractivity contribution in [1.29, 1.82) is 0 Å². The summed E-state index contributed by atoms with van der Waals surface area (Å²) in [6.45, 7) is 1.66. The third kappa shape index (κ3) is 3.31. The van der Waals surface area contributed by atoms with E-state index < -0.39 is 22.0 Å². The molecular weight excluding hydrogens is 535 g/mol. The summed E-state index contributed by atoms with van der Waals surface area (Å²) in [4.78, 5) is -0.571. The van der Waals surface area contributed by atoms with Crippen LogP contribution in [0.2, 0.25) is 0 Å². The van der Waals surface area contributed by atoms with Crippen molar-refractivity contribution in [1.82, 2.24) is 4.48 Å². The van der Waals surface area contributed by atoms with E-state index in [1.54, 1.807) is 19.9 Å². The first kappa shape index (κ1) is 23.9. The van der Waals surface area contributed by atoms with E-state index in [0.29, 0.717) is 28.1 Å². The zero-order valence-electron chi connectivity index (χ0n) is 17.1. The Hall–Kier alpha value is -0.785.